The predicted octanol–water partition coefficient (Wildman–Crippen LogP) is 2.48. The van der Waals surface area contributed by atoms with Crippen molar-refractivity contribution >= 4 is 42.4 Å². The van der Waals surface area contributed by atoms with E-state index in [4.69, 9.17) is 15.6 Å². The molecule has 2 unspecified atom stereocenters. The number of amides is 2. The van der Waals surface area contributed by atoms with Crippen LogP contribution in [0.1, 0.15) is 96.8 Å². The monoisotopic (exact) mass is 517 g/mol. The van der Waals surface area contributed by atoms with Gasteiger partial charge >= 0.3 is 17.9 Å². The largest absolute Gasteiger partial charge is 0.480 e. The Balaban J connectivity index is 3.95. The summed E-state index contributed by atoms with van der Waals surface area (Å²) >= 11 is 3.96. The second kappa shape index (κ2) is 21.2. The average molecular weight is 518 g/mol. The lowest BCUT2D eigenvalue weighted by Gasteiger charge is -2.16. The first-order valence-corrected chi connectivity index (χ1v) is 13.2. The van der Waals surface area contributed by atoms with E-state index in [1.807, 2.05) is 0 Å². The van der Waals surface area contributed by atoms with Crippen LogP contribution in [0.5, 0.6) is 0 Å². The van der Waals surface area contributed by atoms with E-state index in [1.165, 1.54) is 44.9 Å². The Morgan fingerprint density at radius 3 is 1.94 bits per heavy atom. The molecule has 0 bridgehead atoms. The molecule has 0 aromatic carbocycles. The van der Waals surface area contributed by atoms with Gasteiger partial charge in [-0.05, 0) is 12.8 Å². The molecule has 10 nitrogen and oxygen atoms in total. The topological polar surface area (TPSA) is 165 Å². The zero-order chi connectivity index (χ0) is 26.5. The molecule has 0 fully saturated rings. The normalized spacial score (nSPS) is 12.4. The first kappa shape index (κ1) is 32.9. The number of nitrogens with two attached hydrogens (primary N) is 1. The summed E-state index contributed by atoms with van der Waals surface area (Å²) in [6, 6.07) is -2.18. The number of aliphatic carboxylic acids is 1. The van der Waals surface area contributed by atoms with Crippen LogP contribution >= 0.6 is 12.6 Å². The molecular weight excluding hydrogens is 474 g/mol. The Morgan fingerprint density at radius 1 is 0.886 bits per heavy atom. The van der Waals surface area contributed by atoms with Crippen LogP contribution in [-0.2, 0) is 28.7 Å². The molecule has 0 rings (SSSR count). The van der Waals surface area contributed by atoms with Crippen molar-refractivity contribution in [1.29, 1.82) is 0 Å². The third-order valence-corrected chi connectivity index (χ3v) is 5.80. The van der Waals surface area contributed by atoms with Crippen LogP contribution in [0.15, 0.2) is 0 Å². The number of thiol groups is 1. The maximum absolute atomic E-state index is 12.0. The number of carbonyl (C=O) groups excluding carboxylic acids is 4. The number of unbranched alkanes of at least 4 members (excludes halogenated alkanes) is 10. The Labute approximate surface area is 213 Å². The lowest BCUT2D eigenvalue weighted by molar-refractivity contribution is -0.160. The van der Waals surface area contributed by atoms with Gasteiger partial charge in [-0.3, -0.25) is 19.2 Å². The summed E-state index contributed by atoms with van der Waals surface area (Å²) in [4.78, 5) is 58.2. The van der Waals surface area contributed by atoms with Crippen LogP contribution < -0.4 is 16.4 Å². The molecule has 0 spiro atoms. The Bertz CT molecular complexity index is 661. The van der Waals surface area contributed by atoms with Crippen molar-refractivity contribution in [3.05, 3.63) is 0 Å². The highest BCUT2D eigenvalue weighted by molar-refractivity contribution is 7.80. The van der Waals surface area contributed by atoms with Crippen molar-refractivity contribution in [3.8, 4) is 0 Å². The molecule has 0 aliphatic heterocycles. The predicted molar refractivity (Wildman–Crippen MR) is 136 cm³/mol. The number of carboxylic acids is 1. The highest BCUT2D eigenvalue weighted by Gasteiger charge is 2.23. The van der Waals surface area contributed by atoms with Gasteiger partial charge in [-0.15, -0.1) is 0 Å². The van der Waals surface area contributed by atoms with E-state index in [0.29, 0.717) is 6.42 Å². The van der Waals surface area contributed by atoms with Crippen molar-refractivity contribution in [2.75, 3.05) is 12.3 Å². The summed E-state index contributed by atoms with van der Waals surface area (Å²) in [5, 5.41) is 13.1. The van der Waals surface area contributed by atoms with Crippen LogP contribution in [-0.4, -0.2) is 59.2 Å². The first-order valence-electron chi connectivity index (χ1n) is 12.6. The highest BCUT2D eigenvalue weighted by Crippen LogP contribution is 2.12. The molecule has 0 heterocycles. The minimum atomic E-state index is -1.22. The summed E-state index contributed by atoms with van der Waals surface area (Å²) < 4.78 is 4.76. The molecule has 202 valence electrons. The number of carbonyl (C=O) groups is 5. The van der Waals surface area contributed by atoms with Gasteiger partial charge in [0.25, 0.3) is 0 Å². The minimum Gasteiger partial charge on any atom is -0.480 e. The molecule has 5 N–H and O–H groups in total. The van der Waals surface area contributed by atoms with E-state index < -0.39 is 48.4 Å². The van der Waals surface area contributed by atoms with Crippen molar-refractivity contribution in [2.24, 2.45) is 5.73 Å². The van der Waals surface area contributed by atoms with Gasteiger partial charge in [0.15, 0.2) is 0 Å². The quantitative estimate of drug-likeness (QED) is 0.0670. The number of hydrogen-bond donors (Lipinski definition) is 5. The molecular formula is C24H43N3O7S. The van der Waals surface area contributed by atoms with E-state index in [2.05, 4.69) is 30.2 Å². The fourth-order valence-electron chi connectivity index (χ4n) is 3.32. The van der Waals surface area contributed by atoms with E-state index >= 15 is 0 Å². The lowest BCUT2D eigenvalue weighted by atomic mass is 10.1. The van der Waals surface area contributed by atoms with Gasteiger partial charge in [0, 0.05) is 18.6 Å². The van der Waals surface area contributed by atoms with Crippen molar-refractivity contribution in [2.45, 2.75) is 109 Å². The number of rotatable bonds is 21. The molecule has 0 radical (unpaired) electrons. The van der Waals surface area contributed by atoms with E-state index in [1.54, 1.807) is 0 Å². The molecule has 2 amide bonds. The fraction of sp³-hybridized carbons (Fsp3) is 0.792. The Morgan fingerprint density at radius 2 is 1.43 bits per heavy atom. The number of carboxylic acid groups (broad SMARTS) is 1. The van der Waals surface area contributed by atoms with Gasteiger partial charge in [-0.2, -0.15) is 12.6 Å². The summed E-state index contributed by atoms with van der Waals surface area (Å²) in [6.45, 7) is 1.63. The van der Waals surface area contributed by atoms with E-state index in [-0.39, 0.29) is 25.0 Å². The number of hydrogen-bond acceptors (Lipinski definition) is 8. The molecule has 0 aromatic heterocycles. The summed E-state index contributed by atoms with van der Waals surface area (Å²) in [5.74, 6) is -4.03. The van der Waals surface area contributed by atoms with Gasteiger partial charge in [-0.1, -0.05) is 71.1 Å². The maximum atomic E-state index is 12.0. The number of esters is 2. The van der Waals surface area contributed by atoms with Crippen molar-refractivity contribution < 1.29 is 33.8 Å². The molecule has 0 aliphatic rings. The summed E-state index contributed by atoms with van der Waals surface area (Å²) in [6.07, 6.45) is 12.6. The molecule has 0 aromatic rings. The summed E-state index contributed by atoms with van der Waals surface area (Å²) in [5.41, 5.74) is 5.71. The number of nitrogens with one attached hydrogen (secondary N) is 2. The zero-order valence-corrected chi connectivity index (χ0v) is 21.8. The Hall–Kier alpha value is -2.14. The van der Waals surface area contributed by atoms with Crippen LogP contribution in [0.3, 0.4) is 0 Å². The fourth-order valence-corrected chi connectivity index (χ4v) is 3.58. The summed E-state index contributed by atoms with van der Waals surface area (Å²) in [7, 11) is 0. The second-order valence-electron chi connectivity index (χ2n) is 8.64. The minimum absolute atomic E-state index is 0.0428. The molecule has 0 saturated heterocycles. The molecule has 35 heavy (non-hydrogen) atoms. The van der Waals surface area contributed by atoms with E-state index in [0.717, 1.165) is 19.3 Å². The molecule has 0 saturated carbocycles. The standard InChI is InChI=1S/C24H43N3O7S/c1-2-3-4-5-6-7-8-9-10-11-12-13-22(31)34-24(33)18(25)14-15-20(28)27-19(17-35)23(32)26-16-21(29)30/h18-19,35H,2-17,25H2,1H3,(H,26,32)(H,27,28)(H,29,30). The third-order valence-electron chi connectivity index (χ3n) is 5.43. The zero-order valence-electron chi connectivity index (χ0n) is 20.9. The maximum Gasteiger partial charge on any atom is 0.330 e. The molecule has 2 atom stereocenters. The number of ether oxygens (including phenoxy) is 1. The molecule has 11 heteroatoms. The smallest absolute Gasteiger partial charge is 0.330 e. The third kappa shape index (κ3) is 18.8. The van der Waals surface area contributed by atoms with Gasteiger partial charge < -0.3 is 26.2 Å². The molecule has 0 aliphatic carbocycles. The van der Waals surface area contributed by atoms with Crippen molar-refractivity contribution in [1.82, 2.24) is 10.6 Å². The van der Waals surface area contributed by atoms with Crippen molar-refractivity contribution in [3.63, 3.8) is 0 Å². The Kier molecular flexibility index (Phi) is 19.9. The van der Waals surface area contributed by atoms with Crippen LogP contribution in [0, 0.1) is 0 Å². The average Bonchev–Trinajstić information content (AvgIpc) is 2.82. The van der Waals surface area contributed by atoms with Gasteiger partial charge in [0.1, 0.15) is 18.6 Å². The van der Waals surface area contributed by atoms with Crippen LogP contribution in [0.4, 0.5) is 0 Å². The van der Waals surface area contributed by atoms with Gasteiger partial charge in [0.2, 0.25) is 11.8 Å². The van der Waals surface area contributed by atoms with Gasteiger partial charge in [-0.25, -0.2) is 4.79 Å². The van der Waals surface area contributed by atoms with Crippen LogP contribution in [0.25, 0.3) is 0 Å². The second-order valence-corrected chi connectivity index (χ2v) is 9.00. The van der Waals surface area contributed by atoms with Gasteiger partial charge in [0.05, 0.1) is 0 Å². The SMILES string of the molecule is CCCCCCCCCCCCCC(=O)OC(=O)C(N)CCC(=O)NC(CS)C(=O)NCC(=O)O. The van der Waals surface area contributed by atoms with Crippen LogP contribution in [0.2, 0.25) is 0 Å². The lowest BCUT2D eigenvalue weighted by Crippen LogP contribution is -2.49. The van der Waals surface area contributed by atoms with E-state index in [9.17, 15) is 24.0 Å². The highest BCUT2D eigenvalue weighted by atomic mass is 32.1. The first-order chi connectivity index (χ1) is 16.7.